The number of imidazole rings is 1. The average molecular weight is 273 g/mol. The van der Waals surface area contributed by atoms with Crippen molar-refractivity contribution in [2.45, 2.75) is 38.6 Å². The summed E-state index contributed by atoms with van der Waals surface area (Å²) < 4.78 is 1.67. The highest BCUT2D eigenvalue weighted by Crippen LogP contribution is 2.29. The van der Waals surface area contributed by atoms with Crippen molar-refractivity contribution >= 4 is 17.4 Å². The number of aromatic carboxylic acids is 1. The molecule has 0 radical (unpaired) electrons. The highest BCUT2D eigenvalue weighted by Gasteiger charge is 2.28. The molecule has 0 spiro atoms. The van der Waals surface area contributed by atoms with E-state index in [2.05, 4.69) is 16.8 Å². The van der Waals surface area contributed by atoms with Crippen LogP contribution in [-0.4, -0.2) is 33.0 Å². The molecule has 1 aliphatic rings. The van der Waals surface area contributed by atoms with Gasteiger partial charge in [0.1, 0.15) is 5.65 Å². The molecular formula is C15H19N3O2. The Balaban J connectivity index is 2.14. The highest BCUT2D eigenvalue weighted by atomic mass is 16.4. The van der Waals surface area contributed by atoms with Crippen LogP contribution in [0.5, 0.6) is 0 Å². The van der Waals surface area contributed by atoms with Crippen molar-refractivity contribution in [2.24, 2.45) is 0 Å². The number of piperidine rings is 1. The van der Waals surface area contributed by atoms with Gasteiger partial charge >= 0.3 is 5.97 Å². The van der Waals surface area contributed by atoms with Gasteiger partial charge in [0.05, 0.1) is 0 Å². The van der Waals surface area contributed by atoms with E-state index in [1.54, 1.807) is 10.6 Å². The molecule has 1 aliphatic heterocycles. The van der Waals surface area contributed by atoms with Crippen LogP contribution in [0.25, 0.3) is 5.65 Å². The Morgan fingerprint density at radius 1 is 1.45 bits per heavy atom. The predicted molar refractivity (Wildman–Crippen MR) is 77.4 cm³/mol. The van der Waals surface area contributed by atoms with E-state index < -0.39 is 5.97 Å². The number of carboxylic acid groups (broad SMARTS) is 1. The first-order valence-electron chi connectivity index (χ1n) is 7.19. The van der Waals surface area contributed by atoms with Gasteiger partial charge in [0.15, 0.2) is 11.5 Å². The van der Waals surface area contributed by atoms with Crippen molar-refractivity contribution in [1.29, 1.82) is 0 Å². The van der Waals surface area contributed by atoms with E-state index in [0.29, 0.717) is 17.5 Å². The topological polar surface area (TPSA) is 57.8 Å². The standard InChI is InChI=1S/C15H19N3O2/c1-2-11-7-3-5-9-17(11)14-13(15(19)20)18-10-6-4-8-12(18)16-14/h4,6,8,10-11H,2-3,5,7,9H2,1H3,(H,19,20). The first kappa shape index (κ1) is 13.0. The van der Waals surface area contributed by atoms with Gasteiger partial charge in [-0.3, -0.25) is 4.40 Å². The summed E-state index contributed by atoms with van der Waals surface area (Å²) in [5.74, 6) is -0.297. The van der Waals surface area contributed by atoms with E-state index in [-0.39, 0.29) is 5.69 Å². The normalized spacial score (nSPS) is 19.4. The highest BCUT2D eigenvalue weighted by molar-refractivity contribution is 5.93. The fourth-order valence-corrected chi connectivity index (χ4v) is 3.09. The molecule has 106 valence electrons. The SMILES string of the molecule is CCC1CCCCN1c1nc2ccccn2c1C(=O)O. The van der Waals surface area contributed by atoms with E-state index in [4.69, 9.17) is 0 Å². The fourth-order valence-electron chi connectivity index (χ4n) is 3.09. The molecule has 0 saturated carbocycles. The van der Waals surface area contributed by atoms with Crippen LogP contribution in [0.3, 0.4) is 0 Å². The molecule has 2 aromatic heterocycles. The lowest BCUT2D eigenvalue weighted by Crippen LogP contribution is -2.40. The number of aromatic nitrogens is 2. The van der Waals surface area contributed by atoms with Crippen molar-refractivity contribution in [3.63, 3.8) is 0 Å². The molecule has 0 amide bonds. The van der Waals surface area contributed by atoms with Gasteiger partial charge in [-0.05, 0) is 37.8 Å². The van der Waals surface area contributed by atoms with Crippen molar-refractivity contribution in [3.8, 4) is 0 Å². The van der Waals surface area contributed by atoms with Gasteiger partial charge in [-0.2, -0.15) is 0 Å². The maximum atomic E-state index is 11.6. The van der Waals surface area contributed by atoms with Gasteiger partial charge in [-0.25, -0.2) is 9.78 Å². The van der Waals surface area contributed by atoms with Crippen LogP contribution in [-0.2, 0) is 0 Å². The van der Waals surface area contributed by atoms with Crippen LogP contribution in [0.4, 0.5) is 5.82 Å². The molecule has 0 bridgehead atoms. The molecule has 1 atom stereocenters. The van der Waals surface area contributed by atoms with Crippen LogP contribution in [0.15, 0.2) is 24.4 Å². The Morgan fingerprint density at radius 2 is 2.30 bits per heavy atom. The number of carbonyl (C=O) groups is 1. The fraction of sp³-hybridized carbons (Fsp3) is 0.467. The number of anilines is 1. The minimum absolute atomic E-state index is 0.279. The Morgan fingerprint density at radius 3 is 3.05 bits per heavy atom. The maximum absolute atomic E-state index is 11.6. The van der Waals surface area contributed by atoms with Gasteiger partial charge in [0.2, 0.25) is 0 Å². The van der Waals surface area contributed by atoms with Crippen LogP contribution >= 0.6 is 0 Å². The van der Waals surface area contributed by atoms with Gasteiger partial charge in [-0.15, -0.1) is 0 Å². The molecule has 2 aromatic rings. The molecule has 1 fully saturated rings. The molecule has 1 N–H and O–H groups in total. The van der Waals surface area contributed by atoms with E-state index >= 15 is 0 Å². The number of rotatable bonds is 3. The second-order valence-corrected chi connectivity index (χ2v) is 5.27. The van der Waals surface area contributed by atoms with E-state index in [1.165, 1.54) is 6.42 Å². The lowest BCUT2D eigenvalue weighted by atomic mass is 10.00. The van der Waals surface area contributed by atoms with Crippen molar-refractivity contribution in [3.05, 3.63) is 30.1 Å². The van der Waals surface area contributed by atoms with E-state index in [1.807, 2.05) is 18.2 Å². The zero-order chi connectivity index (χ0) is 14.1. The van der Waals surface area contributed by atoms with Crippen LogP contribution in [0.2, 0.25) is 0 Å². The maximum Gasteiger partial charge on any atom is 0.356 e. The first-order chi connectivity index (χ1) is 9.72. The zero-order valence-electron chi connectivity index (χ0n) is 11.6. The molecule has 5 nitrogen and oxygen atoms in total. The van der Waals surface area contributed by atoms with Gasteiger partial charge in [-0.1, -0.05) is 13.0 Å². The summed E-state index contributed by atoms with van der Waals surface area (Å²) >= 11 is 0. The average Bonchev–Trinajstić information content (AvgIpc) is 2.86. The number of pyridine rings is 1. The van der Waals surface area contributed by atoms with Crippen molar-refractivity contribution in [2.75, 3.05) is 11.4 Å². The molecule has 0 aliphatic carbocycles. The van der Waals surface area contributed by atoms with E-state index in [9.17, 15) is 9.90 Å². The second-order valence-electron chi connectivity index (χ2n) is 5.27. The Labute approximate surface area is 117 Å². The lowest BCUT2D eigenvalue weighted by molar-refractivity contribution is 0.0690. The summed E-state index contributed by atoms with van der Waals surface area (Å²) in [5, 5.41) is 9.55. The van der Waals surface area contributed by atoms with Crippen LogP contribution < -0.4 is 4.90 Å². The summed E-state index contributed by atoms with van der Waals surface area (Å²) in [6, 6.07) is 5.96. The number of carboxylic acids is 1. The van der Waals surface area contributed by atoms with Gasteiger partial charge in [0, 0.05) is 18.8 Å². The first-order valence-corrected chi connectivity index (χ1v) is 7.19. The summed E-state index contributed by atoms with van der Waals surface area (Å²) in [7, 11) is 0. The summed E-state index contributed by atoms with van der Waals surface area (Å²) in [6.45, 7) is 3.04. The second kappa shape index (κ2) is 5.15. The Bertz CT molecular complexity index is 635. The van der Waals surface area contributed by atoms with Crippen LogP contribution in [0, 0.1) is 0 Å². The quantitative estimate of drug-likeness (QED) is 0.934. The third-order valence-electron chi connectivity index (χ3n) is 4.08. The molecule has 1 unspecified atom stereocenters. The zero-order valence-corrected chi connectivity index (χ0v) is 11.6. The molecule has 3 rings (SSSR count). The summed E-state index contributed by atoms with van der Waals surface area (Å²) in [4.78, 5) is 18.4. The largest absolute Gasteiger partial charge is 0.476 e. The smallest absolute Gasteiger partial charge is 0.356 e. The number of hydrogen-bond acceptors (Lipinski definition) is 3. The number of fused-ring (bicyclic) bond motifs is 1. The Kier molecular flexibility index (Phi) is 3.34. The van der Waals surface area contributed by atoms with Crippen molar-refractivity contribution < 1.29 is 9.90 Å². The third kappa shape index (κ3) is 2.03. The molecule has 5 heteroatoms. The Hall–Kier alpha value is -2.04. The number of hydrogen-bond donors (Lipinski definition) is 1. The van der Waals surface area contributed by atoms with Crippen molar-refractivity contribution in [1.82, 2.24) is 9.38 Å². The van der Waals surface area contributed by atoms with Crippen LogP contribution in [0.1, 0.15) is 43.1 Å². The lowest BCUT2D eigenvalue weighted by Gasteiger charge is -2.35. The molecular weight excluding hydrogens is 254 g/mol. The molecule has 20 heavy (non-hydrogen) atoms. The van der Waals surface area contributed by atoms with E-state index in [0.717, 1.165) is 25.8 Å². The number of nitrogens with zero attached hydrogens (tertiary/aromatic N) is 3. The molecule has 0 aromatic carbocycles. The molecule has 1 saturated heterocycles. The summed E-state index contributed by atoms with van der Waals surface area (Å²) in [6.07, 6.45) is 6.21. The minimum Gasteiger partial charge on any atom is -0.476 e. The predicted octanol–water partition coefficient (Wildman–Crippen LogP) is 2.80. The summed E-state index contributed by atoms with van der Waals surface area (Å²) in [5.41, 5.74) is 0.973. The van der Waals surface area contributed by atoms with Gasteiger partial charge in [0.25, 0.3) is 0 Å². The monoisotopic (exact) mass is 273 g/mol. The minimum atomic E-state index is -0.917. The third-order valence-corrected chi connectivity index (χ3v) is 4.08. The van der Waals surface area contributed by atoms with Gasteiger partial charge < -0.3 is 10.0 Å². The molecule has 3 heterocycles.